The van der Waals surface area contributed by atoms with Crippen molar-refractivity contribution in [3.63, 3.8) is 0 Å². The SMILES string of the molecule is O[C@H](COc1ccc(F)cc1)CN1CCC[C@@H](N2CCCC2)C1. The molecule has 0 spiro atoms. The molecule has 0 bridgehead atoms. The smallest absolute Gasteiger partial charge is 0.123 e. The van der Waals surface area contributed by atoms with Crippen molar-refractivity contribution in [2.75, 3.05) is 39.3 Å². The number of hydrogen-bond donors (Lipinski definition) is 1. The van der Waals surface area contributed by atoms with Crippen LogP contribution in [0.1, 0.15) is 25.7 Å². The summed E-state index contributed by atoms with van der Waals surface area (Å²) >= 11 is 0. The molecule has 2 saturated heterocycles. The van der Waals surface area contributed by atoms with Crippen molar-refractivity contribution in [2.24, 2.45) is 0 Å². The summed E-state index contributed by atoms with van der Waals surface area (Å²) in [4.78, 5) is 4.96. The Morgan fingerprint density at radius 1 is 1.13 bits per heavy atom. The highest BCUT2D eigenvalue weighted by molar-refractivity contribution is 5.22. The van der Waals surface area contributed by atoms with Crippen molar-refractivity contribution >= 4 is 0 Å². The lowest BCUT2D eigenvalue weighted by atomic mass is 10.0. The summed E-state index contributed by atoms with van der Waals surface area (Å²) in [6, 6.07) is 6.56. The highest BCUT2D eigenvalue weighted by Crippen LogP contribution is 2.20. The van der Waals surface area contributed by atoms with Crippen molar-refractivity contribution in [1.82, 2.24) is 9.80 Å². The maximum atomic E-state index is 12.8. The van der Waals surface area contributed by atoms with Crippen LogP contribution in [0.4, 0.5) is 4.39 Å². The number of likely N-dealkylation sites (tertiary alicyclic amines) is 2. The van der Waals surface area contributed by atoms with Gasteiger partial charge in [-0.05, 0) is 69.6 Å². The van der Waals surface area contributed by atoms with E-state index in [9.17, 15) is 9.50 Å². The van der Waals surface area contributed by atoms with E-state index >= 15 is 0 Å². The molecule has 2 atom stereocenters. The first-order valence-electron chi connectivity index (χ1n) is 8.73. The van der Waals surface area contributed by atoms with Gasteiger partial charge in [0.2, 0.25) is 0 Å². The van der Waals surface area contributed by atoms with Gasteiger partial charge in [0.15, 0.2) is 0 Å². The zero-order chi connectivity index (χ0) is 16.1. The fourth-order valence-corrected chi connectivity index (χ4v) is 3.68. The highest BCUT2D eigenvalue weighted by Gasteiger charge is 2.27. The van der Waals surface area contributed by atoms with Gasteiger partial charge in [-0.1, -0.05) is 0 Å². The van der Waals surface area contributed by atoms with E-state index in [4.69, 9.17) is 4.74 Å². The first kappa shape index (κ1) is 16.7. The van der Waals surface area contributed by atoms with Gasteiger partial charge in [-0.15, -0.1) is 0 Å². The fraction of sp³-hybridized carbons (Fsp3) is 0.667. The number of benzene rings is 1. The van der Waals surface area contributed by atoms with Crippen LogP contribution < -0.4 is 4.74 Å². The maximum Gasteiger partial charge on any atom is 0.123 e. The Morgan fingerprint density at radius 2 is 1.87 bits per heavy atom. The van der Waals surface area contributed by atoms with Gasteiger partial charge in [-0.25, -0.2) is 4.39 Å². The van der Waals surface area contributed by atoms with Crippen LogP contribution in [-0.2, 0) is 0 Å². The number of halogens is 1. The number of ether oxygens (including phenoxy) is 1. The highest BCUT2D eigenvalue weighted by atomic mass is 19.1. The van der Waals surface area contributed by atoms with Gasteiger partial charge in [-0.3, -0.25) is 9.80 Å². The Hall–Kier alpha value is -1.17. The van der Waals surface area contributed by atoms with E-state index in [-0.39, 0.29) is 12.4 Å². The monoisotopic (exact) mass is 322 g/mol. The van der Waals surface area contributed by atoms with Gasteiger partial charge in [-0.2, -0.15) is 0 Å². The zero-order valence-electron chi connectivity index (χ0n) is 13.7. The second-order valence-electron chi connectivity index (χ2n) is 6.72. The summed E-state index contributed by atoms with van der Waals surface area (Å²) in [5.74, 6) is 0.318. The fourth-order valence-electron chi connectivity index (χ4n) is 3.68. The number of hydrogen-bond acceptors (Lipinski definition) is 4. The van der Waals surface area contributed by atoms with Crippen LogP contribution >= 0.6 is 0 Å². The molecule has 128 valence electrons. The number of piperidine rings is 1. The third kappa shape index (κ3) is 4.90. The molecule has 5 heteroatoms. The Bertz CT molecular complexity index is 476. The minimum Gasteiger partial charge on any atom is -0.491 e. The molecule has 0 saturated carbocycles. The van der Waals surface area contributed by atoms with Gasteiger partial charge in [0.05, 0.1) is 0 Å². The van der Waals surface area contributed by atoms with Crippen molar-refractivity contribution in [3.05, 3.63) is 30.1 Å². The van der Waals surface area contributed by atoms with Crippen LogP contribution in [-0.4, -0.2) is 66.4 Å². The summed E-state index contributed by atoms with van der Waals surface area (Å²) < 4.78 is 18.4. The van der Waals surface area contributed by atoms with E-state index in [0.29, 0.717) is 18.3 Å². The molecule has 0 aliphatic carbocycles. The van der Waals surface area contributed by atoms with E-state index in [1.165, 1.54) is 50.9 Å². The van der Waals surface area contributed by atoms with Gasteiger partial charge in [0.25, 0.3) is 0 Å². The Kier molecular flexibility index (Phi) is 5.86. The third-order valence-electron chi connectivity index (χ3n) is 4.86. The normalized spacial score (nSPS) is 24.7. The van der Waals surface area contributed by atoms with Gasteiger partial charge < -0.3 is 9.84 Å². The largest absolute Gasteiger partial charge is 0.491 e. The zero-order valence-corrected chi connectivity index (χ0v) is 13.7. The second kappa shape index (κ2) is 8.08. The van der Waals surface area contributed by atoms with Crippen molar-refractivity contribution in [2.45, 2.75) is 37.8 Å². The summed E-state index contributed by atoms with van der Waals surface area (Å²) in [6.45, 7) is 5.46. The molecule has 0 amide bonds. The lowest BCUT2D eigenvalue weighted by Crippen LogP contribution is -2.49. The van der Waals surface area contributed by atoms with Crippen LogP contribution in [0, 0.1) is 5.82 Å². The molecule has 0 unspecified atom stereocenters. The standard InChI is InChI=1S/C18H27FN2O2/c19-15-5-7-18(8-6-15)23-14-17(22)13-20-9-3-4-16(12-20)21-10-1-2-11-21/h5-8,16-17,22H,1-4,9-14H2/t16-,17+/m1/s1. The third-order valence-corrected chi connectivity index (χ3v) is 4.86. The first-order chi connectivity index (χ1) is 11.2. The number of aliphatic hydroxyl groups excluding tert-OH is 1. The molecule has 2 fully saturated rings. The lowest BCUT2D eigenvalue weighted by Gasteiger charge is -2.38. The Labute approximate surface area is 137 Å². The lowest BCUT2D eigenvalue weighted by molar-refractivity contribution is 0.0416. The molecule has 1 aromatic rings. The van der Waals surface area contributed by atoms with E-state index in [1.807, 2.05) is 0 Å². The molecule has 2 aliphatic rings. The Balaban J connectivity index is 1.41. The average Bonchev–Trinajstić information content (AvgIpc) is 3.09. The number of β-amino-alcohol motifs (C(OH)–C–C–N with tert-alkyl or cyclic N) is 1. The van der Waals surface area contributed by atoms with Gasteiger partial charge in [0.1, 0.15) is 24.3 Å². The molecule has 1 aromatic carbocycles. The van der Waals surface area contributed by atoms with Crippen LogP contribution in [0.5, 0.6) is 5.75 Å². The van der Waals surface area contributed by atoms with Crippen LogP contribution in [0.25, 0.3) is 0 Å². The van der Waals surface area contributed by atoms with Crippen molar-refractivity contribution < 1.29 is 14.2 Å². The Morgan fingerprint density at radius 3 is 2.61 bits per heavy atom. The molecule has 23 heavy (non-hydrogen) atoms. The van der Waals surface area contributed by atoms with Crippen molar-refractivity contribution in [1.29, 1.82) is 0 Å². The summed E-state index contributed by atoms with van der Waals surface area (Å²) in [5.41, 5.74) is 0. The van der Waals surface area contributed by atoms with E-state index < -0.39 is 6.10 Å². The summed E-state index contributed by atoms with van der Waals surface area (Å²) in [7, 11) is 0. The summed E-state index contributed by atoms with van der Waals surface area (Å²) in [5, 5.41) is 10.2. The topological polar surface area (TPSA) is 35.9 Å². The minimum absolute atomic E-state index is 0.247. The van der Waals surface area contributed by atoms with Crippen LogP contribution in [0.2, 0.25) is 0 Å². The molecule has 3 rings (SSSR count). The molecule has 2 aliphatic heterocycles. The predicted molar refractivity (Wildman–Crippen MR) is 88.2 cm³/mol. The molecule has 1 N–H and O–H groups in total. The van der Waals surface area contributed by atoms with Crippen LogP contribution in [0.3, 0.4) is 0 Å². The van der Waals surface area contributed by atoms with Gasteiger partial charge >= 0.3 is 0 Å². The maximum absolute atomic E-state index is 12.8. The molecular weight excluding hydrogens is 295 g/mol. The van der Waals surface area contributed by atoms with Crippen LogP contribution in [0.15, 0.2) is 24.3 Å². The predicted octanol–water partition coefficient (Wildman–Crippen LogP) is 2.13. The van der Waals surface area contributed by atoms with E-state index in [2.05, 4.69) is 9.80 Å². The second-order valence-corrected chi connectivity index (χ2v) is 6.72. The molecule has 0 radical (unpaired) electrons. The molecular formula is C18H27FN2O2. The number of rotatable bonds is 6. The number of aliphatic hydroxyl groups is 1. The first-order valence-corrected chi connectivity index (χ1v) is 8.73. The molecule has 4 nitrogen and oxygen atoms in total. The average molecular weight is 322 g/mol. The minimum atomic E-state index is -0.516. The quantitative estimate of drug-likeness (QED) is 0.870. The van der Waals surface area contributed by atoms with E-state index in [0.717, 1.165) is 13.1 Å². The summed E-state index contributed by atoms with van der Waals surface area (Å²) in [6.07, 6.45) is 4.61. The number of nitrogens with zero attached hydrogens (tertiary/aromatic N) is 2. The molecule has 2 heterocycles. The van der Waals surface area contributed by atoms with Gasteiger partial charge in [0, 0.05) is 19.1 Å². The van der Waals surface area contributed by atoms with Crippen molar-refractivity contribution in [3.8, 4) is 5.75 Å². The molecule has 0 aromatic heterocycles. The van der Waals surface area contributed by atoms with E-state index in [1.54, 1.807) is 12.1 Å².